The molecule has 2 rings (SSSR count). The van der Waals surface area contributed by atoms with Crippen molar-refractivity contribution in [3.8, 4) is 0 Å². The second-order valence-electron chi connectivity index (χ2n) is 5.55. The lowest BCUT2D eigenvalue weighted by Gasteiger charge is -2.30. The molecule has 0 bridgehead atoms. The van der Waals surface area contributed by atoms with Crippen molar-refractivity contribution in [2.45, 2.75) is 56.4 Å². The Hall–Kier alpha value is -1.03. The van der Waals surface area contributed by atoms with Gasteiger partial charge in [-0.25, -0.2) is 4.39 Å². The minimum Gasteiger partial charge on any atom is -0.349 e. The fourth-order valence-corrected chi connectivity index (χ4v) is 3.21. The molecule has 1 saturated carbocycles. The molecule has 1 fully saturated rings. The number of nitrogens with one attached hydrogen (secondary N) is 1. The molecule has 0 heterocycles. The van der Waals surface area contributed by atoms with E-state index in [1.807, 2.05) is 0 Å². The first kappa shape index (κ1) is 15.4. The molecule has 20 heavy (non-hydrogen) atoms. The molecule has 1 aromatic carbocycles. The first-order chi connectivity index (χ1) is 9.61. The average Bonchev–Trinajstić information content (AvgIpc) is 2.48. The van der Waals surface area contributed by atoms with E-state index < -0.39 is 5.82 Å². The number of carbonyl (C=O) groups excluding carboxylic acids is 1. The molecule has 1 unspecified atom stereocenters. The number of benzene rings is 1. The summed E-state index contributed by atoms with van der Waals surface area (Å²) in [4.78, 5) is 12.5. The molecule has 1 aliphatic carbocycles. The van der Waals surface area contributed by atoms with Crippen molar-refractivity contribution in [1.82, 2.24) is 5.32 Å². The molecule has 0 saturated heterocycles. The van der Waals surface area contributed by atoms with Crippen LogP contribution in [-0.2, 0) is 0 Å². The Morgan fingerprint density at radius 3 is 2.70 bits per heavy atom. The Labute approximate surface area is 125 Å². The van der Waals surface area contributed by atoms with Crippen LogP contribution in [0.2, 0.25) is 0 Å². The van der Waals surface area contributed by atoms with Crippen molar-refractivity contribution in [2.24, 2.45) is 5.92 Å². The third kappa shape index (κ3) is 3.75. The first-order valence-corrected chi connectivity index (χ1v) is 7.86. The minimum atomic E-state index is -0.399. The average molecular weight is 295 g/mol. The highest BCUT2D eigenvalue weighted by Gasteiger charge is 2.24. The molecule has 110 valence electrons. The molecular weight excluding hydrogens is 273 g/mol. The molecule has 0 spiro atoms. The van der Waals surface area contributed by atoms with Crippen LogP contribution in [-0.4, -0.2) is 11.9 Å². The Morgan fingerprint density at radius 2 is 2.10 bits per heavy atom. The van der Waals surface area contributed by atoms with E-state index in [-0.39, 0.29) is 16.8 Å². The topological polar surface area (TPSA) is 29.1 Å². The van der Waals surface area contributed by atoms with E-state index in [0.29, 0.717) is 11.5 Å². The van der Waals surface area contributed by atoms with Crippen LogP contribution < -0.4 is 5.32 Å². The van der Waals surface area contributed by atoms with E-state index in [0.717, 1.165) is 6.42 Å². The molecule has 1 N–H and O–H groups in total. The fraction of sp³-hybridized carbons (Fsp3) is 0.562. The summed E-state index contributed by atoms with van der Waals surface area (Å²) in [6.45, 7) is 2.11. The van der Waals surface area contributed by atoms with Gasteiger partial charge < -0.3 is 5.32 Å². The maximum absolute atomic E-state index is 13.2. The smallest absolute Gasteiger partial charge is 0.251 e. The van der Waals surface area contributed by atoms with Crippen molar-refractivity contribution < 1.29 is 9.18 Å². The summed E-state index contributed by atoms with van der Waals surface area (Å²) in [5.41, 5.74) is 0.477. The monoisotopic (exact) mass is 295 g/mol. The summed E-state index contributed by atoms with van der Waals surface area (Å²) in [5, 5.41) is 3.10. The number of halogens is 1. The van der Waals surface area contributed by atoms with Crippen LogP contribution in [0.3, 0.4) is 0 Å². The minimum absolute atomic E-state index is 0.127. The van der Waals surface area contributed by atoms with Crippen molar-refractivity contribution in [1.29, 1.82) is 0 Å². The Balaban J connectivity index is 2.02. The van der Waals surface area contributed by atoms with Crippen LogP contribution in [0.1, 0.15) is 55.8 Å². The maximum atomic E-state index is 13.2. The Morgan fingerprint density at radius 1 is 1.40 bits per heavy atom. The van der Waals surface area contributed by atoms with Gasteiger partial charge in [-0.1, -0.05) is 26.2 Å². The van der Waals surface area contributed by atoms with Crippen molar-refractivity contribution in [2.75, 3.05) is 0 Å². The molecule has 1 amide bonds. The zero-order valence-electron chi connectivity index (χ0n) is 11.9. The number of hydrogen-bond acceptors (Lipinski definition) is 2. The molecule has 1 atom stereocenters. The molecule has 4 heteroatoms. The molecule has 1 aliphatic rings. The van der Waals surface area contributed by atoms with E-state index in [1.165, 1.54) is 50.3 Å². The van der Waals surface area contributed by atoms with Gasteiger partial charge in [0.05, 0.1) is 0 Å². The standard InChI is InChI=1S/C16H22FNOS/c1-2-14(11-6-4-3-5-7-11)18-16(19)12-8-9-13(17)15(20)10-12/h8-11,14,20H,2-7H2,1H3,(H,18,19). The number of rotatable bonds is 4. The summed E-state index contributed by atoms with van der Waals surface area (Å²) in [6, 6.07) is 4.51. The number of carbonyl (C=O) groups is 1. The Bertz CT molecular complexity index is 472. The molecule has 0 radical (unpaired) electrons. The predicted molar refractivity (Wildman–Crippen MR) is 81.8 cm³/mol. The van der Waals surface area contributed by atoms with Gasteiger partial charge in [-0.3, -0.25) is 4.79 Å². The summed E-state index contributed by atoms with van der Waals surface area (Å²) < 4.78 is 13.2. The summed E-state index contributed by atoms with van der Waals surface area (Å²) in [7, 11) is 0. The lowest BCUT2D eigenvalue weighted by atomic mass is 9.83. The zero-order chi connectivity index (χ0) is 14.5. The van der Waals surface area contributed by atoms with Gasteiger partial charge in [-0.2, -0.15) is 0 Å². The zero-order valence-corrected chi connectivity index (χ0v) is 12.8. The van der Waals surface area contributed by atoms with Crippen LogP contribution in [0.5, 0.6) is 0 Å². The van der Waals surface area contributed by atoms with Gasteiger partial charge in [0.25, 0.3) is 5.91 Å². The third-order valence-electron chi connectivity index (χ3n) is 4.18. The van der Waals surface area contributed by atoms with E-state index in [4.69, 9.17) is 0 Å². The van der Waals surface area contributed by atoms with Gasteiger partial charge in [-0.15, -0.1) is 12.6 Å². The van der Waals surface area contributed by atoms with Crippen molar-refractivity contribution in [3.05, 3.63) is 29.6 Å². The van der Waals surface area contributed by atoms with Gasteiger partial charge in [0.15, 0.2) is 0 Å². The highest BCUT2D eigenvalue weighted by Crippen LogP contribution is 2.28. The van der Waals surface area contributed by atoms with E-state index in [9.17, 15) is 9.18 Å². The van der Waals surface area contributed by atoms with Crippen LogP contribution in [0.25, 0.3) is 0 Å². The summed E-state index contributed by atoms with van der Waals surface area (Å²) >= 11 is 4.02. The fourth-order valence-electron chi connectivity index (χ4n) is 3.00. The van der Waals surface area contributed by atoms with Gasteiger partial charge in [0.1, 0.15) is 5.82 Å². The second kappa shape index (κ2) is 7.11. The molecule has 0 aliphatic heterocycles. The molecule has 0 aromatic heterocycles. The Kier molecular flexibility index (Phi) is 5.46. The lowest BCUT2D eigenvalue weighted by molar-refractivity contribution is 0.0911. The molecular formula is C16H22FNOS. The predicted octanol–water partition coefficient (Wildman–Crippen LogP) is 4.20. The lowest BCUT2D eigenvalue weighted by Crippen LogP contribution is -2.40. The highest BCUT2D eigenvalue weighted by atomic mass is 32.1. The van der Waals surface area contributed by atoms with Crippen LogP contribution in [0, 0.1) is 11.7 Å². The van der Waals surface area contributed by atoms with Crippen molar-refractivity contribution >= 4 is 18.5 Å². The van der Waals surface area contributed by atoms with Gasteiger partial charge >= 0.3 is 0 Å². The van der Waals surface area contributed by atoms with E-state index in [1.54, 1.807) is 0 Å². The number of amides is 1. The largest absolute Gasteiger partial charge is 0.349 e. The van der Waals surface area contributed by atoms with Gasteiger partial charge in [0.2, 0.25) is 0 Å². The normalized spacial score (nSPS) is 17.8. The third-order valence-corrected chi connectivity index (χ3v) is 4.53. The van der Waals surface area contributed by atoms with Crippen LogP contribution in [0.4, 0.5) is 4.39 Å². The van der Waals surface area contributed by atoms with Gasteiger partial charge in [0, 0.05) is 16.5 Å². The maximum Gasteiger partial charge on any atom is 0.251 e. The van der Waals surface area contributed by atoms with Crippen LogP contribution in [0.15, 0.2) is 23.1 Å². The van der Waals surface area contributed by atoms with Crippen LogP contribution >= 0.6 is 12.6 Å². The number of thiol groups is 1. The molecule has 1 aromatic rings. The summed E-state index contributed by atoms with van der Waals surface area (Å²) in [5.74, 6) is 0.0514. The van der Waals surface area contributed by atoms with E-state index >= 15 is 0 Å². The van der Waals surface area contributed by atoms with Gasteiger partial charge in [-0.05, 0) is 43.4 Å². The quantitative estimate of drug-likeness (QED) is 0.801. The van der Waals surface area contributed by atoms with Crippen molar-refractivity contribution in [3.63, 3.8) is 0 Å². The first-order valence-electron chi connectivity index (χ1n) is 7.41. The molecule has 2 nitrogen and oxygen atoms in total. The summed E-state index contributed by atoms with van der Waals surface area (Å²) in [6.07, 6.45) is 7.15. The SMILES string of the molecule is CCC(NC(=O)c1ccc(F)c(S)c1)C1CCCCC1. The second-order valence-corrected chi connectivity index (χ2v) is 6.03. The highest BCUT2D eigenvalue weighted by molar-refractivity contribution is 7.80. The van der Waals surface area contributed by atoms with E-state index in [2.05, 4.69) is 24.9 Å². The number of hydrogen-bond donors (Lipinski definition) is 2.